The summed E-state index contributed by atoms with van der Waals surface area (Å²) in [7, 11) is 0. The fraction of sp³-hybridized carbons (Fsp3) is 0.231. The van der Waals surface area contributed by atoms with E-state index in [4.69, 9.17) is 0 Å². The lowest BCUT2D eigenvalue weighted by molar-refractivity contribution is 0.490. The van der Waals surface area contributed by atoms with Gasteiger partial charge in [0.2, 0.25) is 0 Å². The monoisotopic (exact) mass is 354 g/mol. The van der Waals surface area contributed by atoms with Crippen molar-refractivity contribution in [3.63, 3.8) is 0 Å². The van der Waals surface area contributed by atoms with Gasteiger partial charge in [-0.2, -0.15) is 0 Å². The maximum Gasteiger partial charge on any atom is 0.328 e. The Hall–Kier alpha value is -1.37. The molecule has 18 heavy (non-hydrogen) atoms. The average Bonchev–Trinajstić information content (AvgIpc) is 2.32. The highest BCUT2D eigenvalue weighted by Gasteiger charge is 2.25. The van der Waals surface area contributed by atoms with E-state index < -0.39 is 0 Å². The smallest absolute Gasteiger partial charge is 0.299 e. The van der Waals surface area contributed by atoms with Crippen molar-refractivity contribution in [2.75, 3.05) is 0 Å². The molecule has 0 amide bonds. The maximum atomic E-state index is 11.7. The van der Waals surface area contributed by atoms with Crippen LogP contribution in [0.25, 0.3) is 0 Å². The van der Waals surface area contributed by atoms with Gasteiger partial charge in [0.05, 0.1) is 3.57 Å². The molecular weight excluding hydrogens is 343 g/mol. The van der Waals surface area contributed by atoms with Crippen LogP contribution in [-0.4, -0.2) is 9.55 Å². The van der Waals surface area contributed by atoms with Gasteiger partial charge in [-0.1, -0.05) is 24.3 Å². The third-order valence-electron chi connectivity index (χ3n) is 3.35. The Labute approximate surface area is 117 Å². The molecule has 1 aromatic carbocycles. The number of hydrogen-bond donors (Lipinski definition) is 1. The van der Waals surface area contributed by atoms with Gasteiger partial charge in [-0.05, 0) is 40.1 Å². The maximum absolute atomic E-state index is 11.7. The van der Waals surface area contributed by atoms with Crippen LogP contribution < -0.4 is 11.2 Å². The molecular formula is C13H11IN2O2. The van der Waals surface area contributed by atoms with E-state index in [1.807, 2.05) is 34.7 Å². The first kappa shape index (κ1) is 11.7. The number of fused-ring (bicyclic) bond motifs is 1. The average molecular weight is 354 g/mol. The Morgan fingerprint density at radius 2 is 2.11 bits per heavy atom. The van der Waals surface area contributed by atoms with E-state index in [2.05, 4.69) is 17.1 Å². The first-order valence-electron chi connectivity index (χ1n) is 5.72. The highest BCUT2D eigenvalue weighted by molar-refractivity contribution is 14.1. The largest absolute Gasteiger partial charge is 0.328 e. The number of nitrogens with one attached hydrogen (secondary N) is 1. The summed E-state index contributed by atoms with van der Waals surface area (Å²) in [5.74, 6) is 0.376. The van der Waals surface area contributed by atoms with Crippen molar-refractivity contribution in [1.29, 1.82) is 0 Å². The summed E-state index contributed by atoms with van der Waals surface area (Å²) in [6, 6.07) is 8.27. The van der Waals surface area contributed by atoms with Crippen LogP contribution in [0.4, 0.5) is 0 Å². The fourth-order valence-corrected chi connectivity index (χ4v) is 2.85. The Morgan fingerprint density at radius 1 is 1.33 bits per heavy atom. The molecule has 5 heteroatoms. The van der Waals surface area contributed by atoms with E-state index in [0.717, 1.165) is 6.42 Å². The Balaban J connectivity index is 1.90. The zero-order chi connectivity index (χ0) is 12.7. The molecule has 1 unspecified atom stereocenters. The Bertz CT molecular complexity index is 717. The molecule has 0 saturated heterocycles. The lowest BCUT2D eigenvalue weighted by Gasteiger charge is -2.30. The molecule has 0 radical (unpaired) electrons. The van der Waals surface area contributed by atoms with Gasteiger partial charge in [0.25, 0.3) is 5.56 Å². The number of halogens is 1. The van der Waals surface area contributed by atoms with Gasteiger partial charge < -0.3 is 0 Å². The second-order valence-corrected chi connectivity index (χ2v) is 5.65. The highest BCUT2D eigenvalue weighted by atomic mass is 127. The van der Waals surface area contributed by atoms with E-state index in [9.17, 15) is 9.59 Å². The predicted octanol–water partition coefficient (Wildman–Crippen LogP) is 1.48. The van der Waals surface area contributed by atoms with Crippen molar-refractivity contribution in [2.24, 2.45) is 0 Å². The van der Waals surface area contributed by atoms with E-state index in [1.165, 1.54) is 11.1 Å². The zero-order valence-corrected chi connectivity index (χ0v) is 11.7. The molecule has 2 aromatic rings. The van der Waals surface area contributed by atoms with E-state index in [-0.39, 0.29) is 11.2 Å². The van der Waals surface area contributed by atoms with Crippen LogP contribution in [0.2, 0.25) is 0 Å². The molecule has 3 rings (SSSR count). The first-order valence-corrected chi connectivity index (χ1v) is 6.80. The zero-order valence-electron chi connectivity index (χ0n) is 9.52. The van der Waals surface area contributed by atoms with Gasteiger partial charge in [-0.15, -0.1) is 0 Å². The van der Waals surface area contributed by atoms with E-state index >= 15 is 0 Å². The van der Waals surface area contributed by atoms with E-state index in [1.54, 1.807) is 10.8 Å². The van der Waals surface area contributed by atoms with Crippen LogP contribution in [0.1, 0.15) is 17.0 Å². The summed E-state index contributed by atoms with van der Waals surface area (Å²) in [4.78, 5) is 25.3. The van der Waals surface area contributed by atoms with Crippen LogP contribution in [0.3, 0.4) is 0 Å². The number of hydrogen-bond acceptors (Lipinski definition) is 2. The summed E-state index contributed by atoms with van der Waals surface area (Å²) >= 11 is 1.94. The number of rotatable bonds is 2. The minimum Gasteiger partial charge on any atom is -0.299 e. The second kappa shape index (κ2) is 4.38. The number of aromatic nitrogens is 2. The molecule has 0 fully saturated rings. The molecule has 92 valence electrons. The van der Waals surface area contributed by atoms with Crippen LogP contribution in [0, 0.1) is 3.57 Å². The topological polar surface area (TPSA) is 54.9 Å². The van der Waals surface area contributed by atoms with Gasteiger partial charge in [0.1, 0.15) is 0 Å². The molecule has 0 spiro atoms. The van der Waals surface area contributed by atoms with Crippen molar-refractivity contribution in [1.82, 2.24) is 9.55 Å². The van der Waals surface area contributed by atoms with E-state index in [0.29, 0.717) is 16.0 Å². The third kappa shape index (κ3) is 1.92. The molecule has 0 bridgehead atoms. The fourth-order valence-electron chi connectivity index (χ4n) is 2.38. The molecule has 1 aliphatic carbocycles. The SMILES string of the molecule is O=c1[nH]c(=O)n(CC2Cc3ccccc32)cc1I. The van der Waals surface area contributed by atoms with Crippen molar-refractivity contribution >= 4 is 22.6 Å². The summed E-state index contributed by atoms with van der Waals surface area (Å²) in [6.07, 6.45) is 2.63. The highest BCUT2D eigenvalue weighted by Crippen LogP contribution is 2.35. The van der Waals surface area contributed by atoms with Gasteiger partial charge in [0.15, 0.2) is 0 Å². The summed E-state index contributed by atoms with van der Waals surface area (Å²) in [5.41, 5.74) is 2.02. The minimum atomic E-state index is -0.329. The van der Waals surface area contributed by atoms with Crippen molar-refractivity contribution in [3.8, 4) is 0 Å². The molecule has 1 aromatic heterocycles. The summed E-state index contributed by atoms with van der Waals surface area (Å²) in [5, 5.41) is 0. The molecule has 0 saturated carbocycles. The van der Waals surface area contributed by atoms with Gasteiger partial charge in [-0.25, -0.2) is 4.79 Å². The number of H-pyrrole nitrogens is 1. The lowest BCUT2D eigenvalue weighted by atomic mass is 9.77. The van der Waals surface area contributed by atoms with Crippen molar-refractivity contribution in [3.05, 3.63) is 66.0 Å². The van der Waals surface area contributed by atoms with Crippen LogP contribution in [0.5, 0.6) is 0 Å². The second-order valence-electron chi connectivity index (χ2n) is 4.49. The Kier molecular flexibility index (Phi) is 2.85. The quantitative estimate of drug-likeness (QED) is 0.831. The third-order valence-corrected chi connectivity index (χ3v) is 4.11. The molecule has 1 heterocycles. The summed E-state index contributed by atoms with van der Waals surface area (Å²) < 4.78 is 2.13. The molecule has 4 nitrogen and oxygen atoms in total. The number of aromatic amines is 1. The van der Waals surface area contributed by atoms with Gasteiger partial charge in [0, 0.05) is 18.7 Å². The minimum absolute atomic E-state index is 0.314. The van der Waals surface area contributed by atoms with Crippen LogP contribution in [0.15, 0.2) is 40.1 Å². The molecule has 0 aliphatic heterocycles. The molecule has 1 aliphatic rings. The van der Waals surface area contributed by atoms with Crippen molar-refractivity contribution in [2.45, 2.75) is 18.9 Å². The summed E-state index contributed by atoms with van der Waals surface area (Å²) in [6.45, 7) is 0.628. The number of benzene rings is 1. The van der Waals surface area contributed by atoms with Crippen LogP contribution >= 0.6 is 22.6 Å². The lowest BCUT2D eigenvalue weighted by Crippen LogP contribution is -2.34. The molecule has 1 atom stereocenters. The normalized spacial score (nSPS) is 17.1. The Morgan fingerprint density at radius 3 is 2.89 bits per heavy atom. The predicted molar refractivity (Wildman–Crippen MR) is 76.9 cm³/mol. The van der Waals surface area contributed by atoms with Crippen molar-refractivity contribution < 1.29 is 0 Å². The van der Waals surface area contributed by atoms with Gasteiger partial charge in [-0.3, -0.25) is 14.3 Å². The number of nitrogens with zero attached hydrogens (tertiary/aromatic N) is 1. The van der Waals surface area contributed by atoms with Gasteiger partial charge >= 0.3 is 5.69 Å². The first-order chi connectivity index (χ1) is 8.65. The van der Waals surface area contributed by atoms with Crippen LogP contribution in [-0.2, 0) is 13.0 Å². The standard InChI is InChI=1S/C13H11IN2O2/c14-11-7-16(13(18)15-12(11)17)6-9-5-8-3-1-2-4-10(8)9/h1-4,7,9H,5-6H2,(H,15,17,18). The molecule has 1 N–H and O–H groups in total.